The molecule has 1 saturated carbocycles. The molecular weight excluding hydrogens is 482 g/mol. The Morgan fingerprint density at radius 2 is 1.78 bits per heavy atom. The van der Waals surface area contributed by atoms with E-state index in [0.717, 1.165) is 53.6 Å². The summed E-state index contributed by atoms with van der Waals surface area (Å²) in [5.74, 6) is 0.0612. The monoisotopic (exact) mass is 513 g/mol. The van der Waals surface area contributed by atoms with Crippen molar-refractivity contribution >= 4 is 21.6 Å². The molecule has 37 heavy (non-hydrogen) atoms. The predicted molar refractivity (Wildman–Crippen MR) is 145 cm³/mol. The molecular formula is C30H31N3O3S. The number of benzene rings is 3. The van der Waals surface area contributed by atoms with E-state index in [0.29, 0.717) is 23.5 Å². The van der Waals surface area contributed by atoms with Gasteiger partial charge in [0.2, 0.25) is 0 Å². The summed E-state index contributed by atoms with van der Waals surface area (Å²) in [5.41, 5.74) is 6.94. The number of sulfone groups is 1. The molecule has 0 unspecified atom stereocenters. The molecule has 3 aromatic carbocycles. The van der Waals surface area contributed by atoms with E-state index in [-0.39, 0.29) is 17.2 Å². The highest BCUT2D eigenvalue weighted by molar-refractivity contribution is 7.91. The first kappa shape index (κ1) is 25.0. The molecule has 1 fully saturated rings. The van der Waals surface area contributed by atoms with Crippen molar-refractivity contribution in [1.29, 1.82) is 5.26 Å². The van der Waals surface area contributed by atoms with Crippen molar-refractivity contribution in [3.05, 3.63) is 82.9 Å². The van der Waals surface area contributed by atoms with Crippen LogP contribution in [0.15, 0.2) is 65.6 Å². The van der Waals surface area contributed by atoms with Gasteiger partial charge in [-0.2, -0.15) is 5.26 Å². The van der Waals surface area contributed by atoms with Crippen LogP contribution in [0.4, 0.5) is 10.5 Å². The molecule has 6 nitrogen and oxygen atoms in total. The lowest BCUT2D eigenvalue weighted by Crippen LogP contribution is -2.41. The molecule has 190 valence electrons. The van der Waals surface area contributed by atoms with E-state index in [2.05, 4.69) is 29.6 Å². The Morgan fingerprint density at radius 1 is 1.05 bits per heavy atom. The van der Waals surface area contributed by atoms with Gasteiger partial charge in [-0.05, 0) is 84.0 Å². The van der Waals surface area contributed by atoms with Gasteiger partial charge in [-0.1, -0.05) is 44.0 Å². The fourth-order valence-electron chi connectivity index (χ4n) is 5.81. The Bertz CT molecular complexity index is 1500. The summed E-state index contributed by atoms with van der Waals surface area (Å²) in [6.07, 6.45) is 4.43. The van der Waals surface area contributed by atoms with E-state index in [1.807, 2.05) is 30.0 Å². The summed E-state index contributed by atoms with van der Waals surface area (Å²) in [7, 11) is -3.25. The van der Waals surface area contributed by atoms with Crippen molar-refractivity contribution in [2.45, 2.75) is 56.4 Å². The third-order valence-corrected chi connectivity index (χ3v) is 9.65. The van der Waals surface area contributed by atoms with Gasteiger partial charge in [0.25, 0.3) is 0 Å². The number of hydrogen-bond donors (Lipinski definition) is 1. The summed E-state index contributed by atoms with van der Waals surface area (Å²) in [6, 6.07) is 20.9. The van der Waals surface area contributed by atoms with Gasteiger partial charge in [-0.15, -0.1) is 0 Å². The molecule has 7 heteroatoms. The second-order valence-electron chi connectivity index (χ2n) is 10.2. The summed E-state index contributed by atoms with van der Waals surface area (Å²) in [5, 5.41) is 12.3. The van der Waals surface area contributed by atoms with Gasteiger partial charge < -0.3 is 5.32 Å². The minimum Gasteiger partial charge on any atom is -0.334 e. The molecule has 1 N–H and O–H groups in total. The minimum absolute atomic E-state index is 0.0284. The number of nitrogens with zero attached hydrogens (tertiary/aromatic N) is 2. The zero-order valence-corrected chi connectivity index (χ0v) is 22.1. The number of urea groups is 1. The molecule has 1 spiro atoms. The van der Waals surface area contributed by atoms with Crippen LogP contribution in [0, 0.1) is 18.3 Å². The summed E-state index contributed by atoms with van der Waals surface area (Å²) < 4.78 is 24.1. The van der Waals surface area contributed by atoms with Gasteiger partial charge in [0.15, 0.2) is 9.84 Å². The van der Waals surface area contributed by atoms with Crippen LogP contribution in [0.3, 0.4) is 0 Å². The van der Waals surface area contributed by atoms with Gasteiger partial charge in [0.1, 0.15) is 0 Å². The van der Waals surface area contributed by atoms with Crippen LogP contribution >= 0.6 is 0 Å². The second kappa shape index (κ2) is 9.68. The number of fused-ring (bicyclic) bond motifs is 2. The Balaban J connectivity index is 1.39. The standard InChI is InChI=1S/C30H31N3O3S/c1-3-37(35,36)25-10-6-22(7-11-25)19-32-29(34)33-20-30(14-4-5-15-30)27-17-24(9-13-28(27)33)26-12-8-23(18-31)16-21(26)2/h6-13,16-17H,3-5,14-15,19-20H2,1-2H3,(H,32,34). The molecule has 3 aromatic rings. The predicted octanol–water partition coefficient (Wildman–Crippen LogP) is 5.87. The molecule has 1 aliphatic heterocycles. The number of rotatable bonds is 5. The van der Waals surface area contributed by atoms with Crippen molar-refractivity contribution in [2.75, 3.05) is 17.2 Å². The number of aryl methyl sites for hydroxylation is 1. The number of nitrogens with one attached hydrogen (secondary N) is 1. The van der Waals surface area contributed by atoms with Gasteiger partial charge in [0, 0.05) is 24.2 Å². The Kier molecular flexibility index (Phi) is 6.55. The van der Waals surface area contributed by atoms with Crippen molar-refractivity contribution in [3.8, 4) is 17.2 Å². The van der Waals surface area contributed by atoms with E-state index in [1.54, 1.807) is 31.2 Å². The quantitative estimate of drug-likeness (QED) is 0.462. The van der Waals surface area contributed by atoms with Crippen LogP contribution in [0.25, 0.3) is 11.1 Å². The topological polar surface area (TPSA) is 90.3 Å². The number of anilines is 1. The third kappa shape index (κ3) is 4.62. The van der Waals surface area contributed by atoms with E-state index in [9.17, 15) is 18.5 Å². The molecule has 1 aliphatic carbocycles. The lowest BCUT2D eigenvalue weighted by atomic mass is 9.79. The van der Waals surface area contributed by atoms with E-state index >= 15 is 0 Å². The van der Waals surface area contributed by atoms with Gasteiger partial charge in [-0.3, -0.25) is 4.90 Å². The van der Waals surface area contributed by atoms with Crippen LogP contribution in [0.1, 0.15) is 54.9 Å². The van der Waals surface area contributed by atoms with Crippen molar-refractivity contribution in [3.63, 3.8) is 0 Å². The van der Waals surface area contributed by atoms with Crippen molar-refractivity contribution in [1.82, 2.24) is 5.32 Å². The SMILES string of the molecule is CCS(=O)(=O)c1ccc(CNC(=O)N2CC3(CCCC3)c3cc(-c4ccc(C#N)cc4C)ccc32)cc1. The molecule has 0 aromatic heterocycles. The number of hydrogen-bond acceptors (Lipinski definition) is 4. The Morgan fingerprint density at radius 3 is 2.43 bits per heavy atom. The number of carbonyl (C=O) groups excluding carboxylic acids is 1. The largest absolute Gasteiger partial charge is 0.334 e. The van der Waals surface area contributed by atoms with Crippen LogP contribution in [-0.4, -0.2) is 26.7 Å². The van der Waals surface area contributed by atoms with Crippen LogP contribution < -0.4 is 10.2 Å². The van der Waals surface area contributed by atoms with E-state index < -0.39 is 9.84 Å². The first-order valence-corrected chi connectivity index (χ1v) is 14.4. The fraction of sp³-hybridized carbons (Fsp3) is 0.333. The average molecular weight is 514 g/mol. The maximum Gasteiger partial charge on any atom is 0.322 e. The maximum absolute atomic E-state index is 13.4. The van der Waals surface area contributed by atoms with E-state index in [1.165, 1.54) is 5.56 Å². The molecule has 0 saturated heterocycles. The molecule has 5 rings (SSSR count). The molecule has 0 atom stereocenters. The fourth-order valence-corrected chi connectivity index (χ4v) is 6.69. The Hall–Kier alpha value is -3.63. The highest BCUT2D eigenvalue weighted by atomic mass is 32.2. The van der Waals surface area contributed by atoms with Crippen LogP contribution in [0.5, 0.6) is 0 Å². The van der Waals surface area contributed by atoms with Gasteiger partial charge >= 0.3 is 6.03 Å². The molecule has 1 heterocycles. The van der Waals surface area contributed by atoms with Gasteiger partial charge in [0.05, 0.1) is 22.3 Å². The summed E-state index contributed by atoms with van der Waals surface area (Å²) in [4.78, 5) is 15.5. The number of carbonyl (C=O) groups is 1. The summed E-state index contributed by atoms with van der Waals surface area (Å²) in [6.45, 7) is 4.64. The number of nitriles is 1. The molecule has 2 aliphatic rings. The smallest absolute Gasteiger partial charge is 0.322 e. The number of amides is 2. The third-order valence-electron chi connectivity index (χ3n) is 7.90. The van der Waals surface area contributed by atoms with Gasteiger partial charge in [-0.25, -0.2) is 13.2 Å². The second-order valence-corrected chi connectivity index (χ2v) is 12.4. The zero-order chi connectivity index (χ0) is 26.2. The minimum atomic E-state index is -3.25. The Labute approximate surface area is 218 Å². The normalized spacial score (nSPS) is 16.0. The highest BCUT2D eigenvalue weighted by Gasteiger charge is 2.46. The first-order chi connectivity index (χ1) is 17.8. The van der Waals surface area contributed by atoms with Crippen LogP contribution in [0.2, 0.25) is 0 Å². The lowest BCUT2D eigenvalue weighted by molar-refractivity contribution is 0.245. The van der Waals surface area contributed by atoms with Crippen LogP contribution in [-0.2, 0) is 21.8 Å². The average Bonchev–Trinajstić information content (AvgIpc) is 3.52. The van der Waals surface area contributed by atoms with Crippen molar-refractivity contribution < 1.29 is 13.2 Å². The summed E-state index contributed by atoms with van der Waals surface area (Å²) >= 11 is 0. The molecule has 0 bridgehead atoms. The maximum atomic E-state index is 13.4. The highest BCUT2D eigenvalue weighted by Crippen LogP contribution is 2.51. The zero-order valence-electron chi connectivity index (χ0n) is 21.3. The molecule has 0 radical (unpaired) electrons. The first-order valence-electron chi connectivity index (χ1n) is 12.8. The molecule has 2 amide bonds. The van der Waals surface area contributed by atoms with Crippen molar-refractivity contribution in [2.24, 2.45) is 0 Å². The van der Waals surface area contributed by atoms with E-state index in [4.69, 9.17) is 0 Å². The lowest BCUT2D eigenvalue weighted by Gasteiger charge is -2.25.